The topological polar surface area (TPSA) is 92.7 Å². The van der Waals surface area contributed by atoms with E-state index in [2.05, 4.69) is 5.32 Å². The fraction of sp³-hybridized carbons (Fsp3) is 0.176. The predicted octanol–water partition coefficient (Wildman–Crippen LogP) is 3.27. The van der Waals surface area contributed by atoms with Crippen molar-refractivity contribution in [2.75, 3.05) is 0 Å². The van der Waals surface area contributed by atoms with Crippen molar-refractivity contribution in [3.05, 3.63) is 58.7 Å². The molecule has 6 heteroatoms. The molecule has 1 amide bonds. The molecule has 0 aliphatic heterocycles. The van der Waals surface area contributed by atoms with Crippen molar-refractivity contribution < 1.29 is 23.5 Å². The van der Waals surface area contributed by atoms with Gasteiger partial charge < -0.3 is 19.3 Å². The Morgan fingerprint density at radius 1 is 1.17 bits per heavy atom. The molecule has 3 aromatic rings. The van der Waals surface area contributed by atoms with Crippen LogP contribution in [0.5, 0.6) is 0 Å². The van der Waals surface area contributed by atoms with Crippen molar-refractivity contribution in [1.82, 2.24) is 5.32 Å². The summed E-state index contributed by atoms with van der Waals surface area (Å²) in [6, 6.07) is 8.66. The average Bonchev–Trinajstić information content (AvgIpc) is 3.05. The van der Waals surface area contributed by atoms with Crippen LogP contribution in [0.4, 0.5) is 0 Å². The van der Waals surface area contributed by atoms with Crippen molar-refractivity contribution in [2.45, 2.75) is 20.4 Å². The third kappa shape index (κ3) is 2.70. The fourth-order valence-electron chi connectivity index (χ4n) is 2.57. The van der Waals surface area contributed by atoms with Crippen LogP contribution in [0.25, 0.3) is 11.0 Å². The Kier molecular flexibility index (Phi) is 3.65. The lowest BCUT2D eigenvalue weighted by atomic mass is 10.1. The molecule has 2 heterocycles. The van der Waals surface area contributed by atoms with Crippen LogP contribution in [0.1, 0.15) is 38.0 Å². The predicted molar refractivity (Wildman–Crippen MR) is 82.5 cm³/mol. The van der Waals surface area contributed by atoms with Gasteiger partial charge >= 0.3 is 5.97 Å². The maximum absolute atomic E-state index is 12.2. The summed E-state index contributed by atoms with van der Waals surface area (Å²) in [7, 11) is 0. The second-order valence-corrected chi connectivity index (χ2v) is 5.22. The number of rotatable bonds is 4. The Hall–Kier alpha value is -3.02. The lowest BCUT2D eigenvalue weighted by molar-refractivity contribution is 0.0662. The number of carboxylic acids is 1. The van der Waals surface area contributed by atoms with E-state index < -0.39 is 5.97 Å². The summed E-state index contributed by atoms with van der Waals surface area (Å²) in [6.45, 7) is 3.52. The Morgan fingerprint density at radius 2 is 1.91 bits per heavy atom. The van der Waals surface area contributed by atoms with Gasteiger partial charge in [0.15, 0.2) is 0 Å². The molecule has 0 aliphatic rings. The smallest absolute Gasteiger partial charge is 0.372 e. The zero-order valence-corrected chi connectivity index (χ0v) is 12.7. The second-order valence-electron chi connectivity index (χ2n) is 5.22. The molecule has 0 atom stereocenters. The van der Waals surface area contributed by atoms with Crippen molar-refractivity contribution in [1.29, 1.82) is 0 Å². The quantitative estimate of drug-likeness (QED) is 0.771. The van der Waals surface area contributed by atoms with Crippen molar-refractivity contribution in [3.63, 3.8) is 0 Å². The number of furan rings is 2. The summed E-state index contributed by atoms with van der Waals surface area (Å²) in [5.41, 5.74) is 1.36. The molecular weight excluding hydrogens is 298 g/mol. The zero-order valence-electron chi connectivity index (χ0n) is 12.7. The summed E-state index contributed by atoms with van der Waals surface area (Å²) in [6.07, 6.45) is 0. The van der Waals surface area contributed by atoms with Crippen LogP contribution >= 0.6 is 0 Å². The minimum atomic E-state index is -1.17. The molecule has 0 fully saturated rings. The number of benzene rings is 1. The minimum absolute atomic E-state index is 0.0567. The van der Waals surface area contributed by atoms with E-state index in [4.69, 9.17) is 8.83 Å². The normalized spacial score (nSPS) is 10.9. The highest BCUT2D eigenvalue weighted by atomic mass is 16.4. The highest BCUT2D eigenvalue weighted by Crippen LogP contribution is 2.26. The van der Waals surface area contributed by atoms with Crippen molar-refractivity contribution >= 4 is 22.8 Å². The number of carboxylic acid groups (broad SMARTS) is 1. The Morgan fingerprint density at radius 3 is 2.57 bits per heavy atom. The van der Waals surface area contributed by atoms with Gasteiger partial charge in [-0.2, -0.15) is 0 Å². The Balaban J connectivity index is 1.89. The molecule has 0 saturated carbocycles. The van der Waals surface area contributed by atoms with E-state index in [0.717, 1.165) is 0 Å². The Labute approximate surface area is 131 Å². The van der Waals surface area contributed by atoms with Gasteiger partial charge in [-0.25, -0.2) is 4.79 Å². The minimum Gasteiger partial charge on any atom is -0.475 e. The van der Waals surface area contributed by atoms with E-state index in [1.54, 1.807) is 44.2 Å². The maximum atomic E-state index is 12.2. The molecule has 0 unspecified atom stereocenters. The van der Waals surface area contributed by atoms with Crippen LogP contribution in [0.3, 0.4) is 0 Å². The maximum Gasteiger partial charge on any atom is 0.372 e. The molecule has 0 bridgehead atoms. The van der Waals surface area contributed by atoms with Crippen molar-refractivity contribution in [2.24, 2.45) is 0 Å². The average molecular weight is 313 g/mol. The van der Waals surface area contributed by atoms with E-state index in [1.165, 1.54) is 0 Å². The molecule has 118 valence electrons. The molecule has 0 saturated heterocycles. The first kappa shape index (κ1) is 14.9. The number of nitrogens with one attached hydrogen (secondary N) is 1. The lowest BCUT2D eigenvalue weighted by Gasteiger charge is -2.04. The standard InChI is InChI=1S/C17H15NO5/c1-9-7-12(10(2)22-9)16(19)18-8-13-11-5-3-4-6-14(11)23-15(13)17(20)21/h3-7H,8H2,1-2H3,(H,18,19)(H,20,21). The first-order valence-electron chi connectivity index (χ1n) is 7.06. The number of carbonyl (C=O) groups is 2. The van der Waals surface area contributed by atoms with Gasteiger partial charge in [-0.15, -0.1) is 0 Å². The van der Waals surface area contributed by atoms with Crippen LogP contribution in [0, 0.1) is 13.8 Å². The fourth-order valence-corrected chi connectivity index (χ4v) is 2.57. The number of aryl methyl sites for hydroxylation is 2. The van der Waals surface area contributed by atoms with Gasteiger partial charge in [0.05, 0.1) is 5.56 Å². The van der Waals surface area contributed by atoms with Gasteiger partial charge in [-0.3, -0.25) is 4.79 Å². The van der Waals surface area contributed by atoms with Gasteiger partial charge in [-0.1, -0.05) is 18.2 Å². The van der Waals surface area contributed by atoms with Gasteiger partial charge in [0, 0.05) is 17.5 Å². The van der Waals surface area contributed by atoms with Crippen LogP contribution in [0.2, 0.25) is 0 Å². The first-order chi connectivity index (χ1) is 11.0. The lowest BCUT2D eigenvalue weighted by Crippen LogP contribution is -2.23. The third-order valence-corrected chi connectivity index (χ3v) is 3.60. The monoisotopic (exact) mass is 313 g/mol. The van der Waals surface area contributed by atoms with Crippen LogP contribution in [-0.2, 0) is 6.54 Å². The number of para-hydroxylation sites is 1. The SMILES string of the molecule is Cc1cc(C(=O)NCc2c(C(=O)O)oc3ccccc23)c(C)o1. The summed E-state index contributed by atoms with van der Waals surface area (Å²) < 4.78 is 10.7. The van der Waals surface area contributed by atoms with Crippen molar-refractivity contribution in [3.8, 4) is 0 Å². The van der Waals surface area contributed by atoms with E-state index in [9.17, 15) is 14.7 Å². The van der Waals surface area contributed by atoms with E-state index in [-0.39, 0.29) is 18.2 Å². The van der Waals surface area contributed by atoms with Gasteiger partial charge in [-0.05, 0) is 26.0 Å². The third-order valence-electron chi connectivity index (χ3n) is 3.60. The molecule has 23 heavy (non-hydrogen) atoms. The van der Waals surface area contributed by atoms with E-state index >= 15 is 0 Å². The van der Waals surface area contributed by atoms with Gasteiger partial charge in [0.25, 0.3) is 5.91 Å². The summed E-state index contributed by atoms with van der Waals surface area (Å²) in [5, 5.41) is 12.7. The van der Waals surface area contributed by atoms with Gasteiger partial charge in [0.2, 0.25) is 5.76 Å². The summed E-state index contributed by atoms with van der Waals surface area (Å²) in [4.78, 5) is 23.6. The molecule has 2 aromatic heterocycles. The summed E-state index contributed by atoms with van der Waals surface area (Å²) >= 11 is 0. The molecule has 3 rings (SSSR count). The summed E-state index contributed by atoms with van der Waals surface area (Å²) in [5.74, 6) is -0.475. The molecule has 0 spiro atoms. The van der Waals surface area contributed by atoms with E-state index in [1.807, 2.05) is 0 Å². The zero-order chi connectivity index (χ0) is 16.6. The number of amides is 1. The van der Waals surface area contributed by atoms with Crippen LogP contribution in [0.15, 0.2) is 39.2 Å². The van der Waals surface area contributed by atoms with Crippen LogP contribution in [-0.4, -0.2) is 17.0 Å². The molecule has 1 aromatic carbocycles. The number of hydrogen-bond acceptors (Lipinski definition) is 4. The first-order valence-corrected chi connectivity index (χ1v) is 7.06. The molecule has 0 aliphatic carbocycles. The van der Waals surface area contributed by atoms with E-state index in [0.29, 0.717) is 33.6 Å². The van der Waals surface area contributed by atoms with Crippen LogP contribution < -0.4 is 5.32 Å². The number of aromatic carboxylic acids is 1. The number of hydrogen-bond donors (Lipinski definition) is 2. The number of fused-ring (bicyclic) bond motifs is 1. The second kappa shape index (κ2) is 5.64. The molecular formula is C17H15NO5. The molecule has 0 radical (unpaired) electrons. The molecule has 2 N–H and O–H groups in total. The Bertz CT molecular complexity index is 903. The number of carbonyl (C=O) groups excluding carboxylic acids is 1. The van der Waals surface area contributed by atoms with Gasteiger partial charge in [0.1, 0.15) is 17.1 Å². The molecule has 6 nitrogen and oxygen atoms in total. The highest BCUT2D eigenvalue weighted by Gasteiger charge is 2.21. The highest BCUT2D eigenvalue weighted by molar-refractivity contribution is 5.97. The largest absolute Gasteiger partial charge is 0.475 e.